The quantitative estimate of drug-likeness (QED) is 0.101. The Labute approximate surface area is 204 Å². The smallest absolute Gasteiger partial charge is 0.320 e. The molecule has 0 fully saturated rings. The van der Waals surface area contributed by atoms with Crippen LogP contribution in [0.3, 0.4) is 0 Å². The van der Waals surface area contributed by atoms with Crippen molar-refractivity contribution in [3.05, 3.63) is 78.4 Å². The summed E-state index contributed by atoms with van der Waals surface area (Å²) in [5, 5.41) is 28.7. The monoisotopic (exact) mass is 482 g/mol. The van der Waals surface area contributed by atoms with E-state index >= 15 is 0 Å². The molecule has 3 aromatic carbocycles. The van der Waals surface area contributed by atoms with E-state index in [2.05, 4.69) is 17.4 Å². The van der Waals surface area contributed by atoms with Crippen LogP contribution in [0.4, 0.5) is 5.69 Å². The maximum atomic E-state index is 10.4. The number of benzene rings is 3. The molecule has 12 N–H and O–H groups in total. The SMILES string of the molecule is N=C(N)NCCCC(N)C(=O)O.NC(Cc1ccccc1)C(=O)O.Nc1ccc2ccccc2c1. The molecule has 0 radical (unpaired) electrons. The molecule has 10 heteroatoms. The number of carboxylic acids is 2. The van der Waals surface area contributed by atoms with Crippen LogP contribution in [0, 0.1) is 5.41 Å². The number of fused-ring (bicyclic) bond motifs is 1. The second-order valence-corrected chi connectivity index (χ2v) is 7.67. The lowest BCUT2D eigenvalue weighted by molar-refractivity contribution is -0.139. The Bertz CT molecular complexity index is 1080. The van der Waals surface area contributed by atoms with E-state index in [1.54, 1.807) is 0 Å². The predicted molar refractivity (Wildman–Crippen MR) is 139 cm³/mol. The van der Waals surface area contributed by atoms with Gasteiger partial charge < -0.3 is 38.5 Å². The van der Waals surface area contributed by atoms with E-state index in [9.17, 15) is 9.59 Å². The molecule has 0 spiro atoms. The van der Waals surface area contributed by atoms with Gasteiger partial charge in [0.1, 0.15) is 12.1 Å². The van der Waals surface area contributed by atoms with Gasteiger partial charge in [-0.25, -0.2) is 0 Å². The number of carboxylic acid groups (broad SMARTS) is 2. The third kappa shape index (κ3) is 12.6. The van der Waals surface area contributed by atoms with Crippen molar-refractivity contribution in [2.24, 2.45) is 17.2 Å². The number of carbonyl (C=O) groups is 2. The third-order valence-electron chi connectivity index (χ3n) is 4.71. The Morgan fingerprint density at radius 2 is 1.43 bits per heavy atom. The van der Waals surface area contributed by atoms with E-state index < -0.39 is 24.0 Å². The summed E-state index contributed by atoms with van der Waals surface area (Å²) < 4.78 is 0. The summed E-state index contributed by atoms with van der Waals surface area (Å²) in [6.07, 6.45) is 1.36. The highest BCUT2D eigenvalue weighted by Crippen LogP contribution is 2.16. The van der Waals surface area contributed by atoms with E-state index in [0.717, 1.165) is 11.3 Å². The van der Waals surface area contributed by atoms with Gasteiger partial charge in [0.05, 0.1) is 0 Å². The van der Waals surface area contributed by atoms with Gasteiger partial charge in [-0.1, -0.05) is 60.7 Å². The summed E-state index contributed by atoms with van der Waals surface area (Å²) in [5.74, 6) is -2.07. The zero-order chi connectivity index (χ0) is 26.2. The summed E-state index contributed by atoms with van der Waals surface area (Å²) in [4.78, 5) is 20.6. The molecule has 10 nitrogen and oxygen atoms in total. The number of hydrogen-bond donors (Lipinski definition) is 8. The van der Waals surface area contributed by atoms with Crippen molar-refractivity contribution < 1.29 is 19.8 Å². The Morgan fingerprint density at radius 1 is 0.857 bits per heavy atom. The van der Waals surface area contributed by atoms with Crippen molar-refractivity contribution in [1.82, 2.24) is 5.32 Å². The minimum atomic E-state index is -1.00. The lowest BCUT2D eigenvalue weighted by Gasteiger charge is -2.06. The second-order valence-electron chi connectivity index (χ2n) is 7.67. The molecule has 0 saturated heterocycles. The fourth-order valence-corrected chi connectivity index (χ4v) is 2.83. The van der Waals surface area contributed by atoms with Gasteiger partial charge in [-0.3, -0.25) is 15.0 Å². The number of rotatable bonds is 8. The highest BCUT2D eigenvalue weighted by Gasteiger charge is 2.11. The number of nitrogens with one attached hydrogen (secondary N) is 2. The number of guanidine groups is 1. The summed E-state index contributed by atoms with van der Waals surface area (Å²) in [7, 11) is 0. The van der Waals surface area contributed by atoms with Gasteiger partial charge in [-0.2, -0.15) is 0 Å². The van der Waals surface area contributed by atoms with Crippen LogP contribution >= 0.6 is 0 Å². The predicted octanol–water partition coefficient (Wildman–Crippen LogP) is 1.72. The Balaban J connectivity index is 0.000000262. The molecule has 188 valence electrons. The van der Waals surface area contributed by atoms with Crippen molar-refractivity contribution in [3.63, 3.8) is 0 Å². The van der Waals surface area contributed by atoms with E-state index in [1.807, 2.05) is 60.7 Å². The molecule has 0 aliphatic heterocycles. The Morgan fingerprint density at radius 3 is 2.00 bits per heavy atom. The minimum absolute atomic E-state index is 0.112. The second kappa shape index (κ2) is 15.6. The maximum absolute atomic E-state index is 10.4. The first-order chi connectivity index (χ1) is 16.6. The molecular formula is C25H34N6O4. The van der Waals surface area contributed by atoms with E-state index in [1.165, 1.54) is 10.8 Å². The van der Waals surface area contributed by atoms with E-state index in [-0.39, 0.29) is 5.96 Å². The normalized spacial score (nSPS) is 11.6. The fourth-order valence-electron chi connectivity index (χ4n) is 2.83. The Hall–Kier alpha value is -4.15. The highest BCUT2D eigenvalue weighted by molar-refractivity contribution is 5.85. The van der Waals surface area contributed by atoms with Crippen LogP contribution in [0.15, 0.2) is 72.8 Å². The first kappa shape index (κ1) is 28.9. The maximum Gasteiger partial charge on any atom is 0.320 e. The number of aliphatic carboxylic acids is 2. The van der Waals surface area contributed by atoms with Crippen molar-refractivity contribution in [1.29, 1.82) is 5.41 Å². The van der Waals surface area contributed by atoms with Crippen LogP contribution in [0.2, 0.25) is 0 Å². The number of nitrogens with two attached hydrogens (primary N) is 4. The lowest BCUT2D eigenvalue weighted by atomic mass is 10.1. The number of anilines is 1. The van der Waals surface area contributed by atoms with Crippen LogP contribution < -0.4 is 28.3 Å². The first-order valence-electron chi connectivity index (χ1n) is 10.9. The van der Waals surface area contributed by atoms with Gasteiger partial charge in [0.2, 0.25) is 0 Å². The lowest BCUT2D eigenvalue weighted by Crippen LogP contribution is -2.34. The number of nitrogen functional groups attached to an aromatic ring is 1. The molecule has 0 aromatic heterocycles. The topological polar surface area (TPSA) is 215 Å². The average Bonchev–Trinajstić information content (AvgIpc) is 2.82. The standard InChI is InChI=1S/C10H9N.C9H11NO2.C6H14N4O2/c11-10-6-5-8-3-1-2-4-9(8)7-10;10-8(9(11)12)6-7-4-2-1-3-5-7;7-4(5(11)12)2-1-3-10-6(8)9/h1-7H,11H2;1-5,8H,6,10H2,(H,11,12);4H,1-3,7H2,(H,11,12)(H4,8,9,10). The van der Waals surface area contributed by atoms with Crippen LogP contribution in [0.1, 0.15) is 18.4 Å². The minimum Gasteiger partial charge on any atom is -0.480 e. The van der Waals surface area contributed by atoms with Gasteiger partial charge in [-0.05, 0) is 47.7 Å². The zero-order valence-corrected chi connectivity index (χ0v) is 19.4. The van der Waals surface area contributed by atoms with Crippen LogP contribution in [0.5, 0.6) is 0 Å². The zero-order valence-electron chi connectivity index (χ0n) is 19.4. The van der Waals surface area contributed by atoms with E-state index in [4.69, 9.17) is 38.6 Å². The van der Waals surface area contributed by atoms with Gasteiger partial charge in [0.25, 0.3) is 0 Å². The van der Waals surface area contributed by atoms with Gasteiger partial charge in [0.15, 0.2) is 5.96 Å². The Kier molecular flexibility index (Phi) is 12.9. The van der Waals surface area contributed by atoms with Crippen molar-refractivity contribution in [3.8, 4) is 0 Å². The molecule has 3 aromatic rings. The van der Waals surface area contributed by atoms with Crippen LogP contribution in [0.25, 0.3) is 10.8 Å². The summed E-state index contributed by atoms with van der Waals surface area (Å²) in [5.41, 5.74) is 23.0. The summed E-state index contributed by atoms with van der Waals surface area (Å²) in [6, 6.07) is 21.8. The van der Waals surface area contributed by atoms with Gasteiger partial charge in [0, 0.05) is 12.2 Å². The molecule has 0 aliphatic rings. The molecule has 0 amide bonds. The van der Waals surface area contributed by atoms with E-state index in [0.29, 0.717) is 25.8 Å². The van der Waals surface area contributed by atoms with Crippen molar-refractivity contribution in [2.45, 2.75) is 31.3 Å². The molecule has 2 unspecified atom stereocenters. The average molecular weight is 483 g/mol. The third-order valence-corrected chi connectivity index (χ3v) is 4.71. The van der Waals surface area contributed by atoms with Crippen molar-refractivity contribution in [2.75, 3.05) is 12.3 Å². The van der Waals surface area contributed by atoms with Gasteiger partial charge >= 0.3 is 11.9 Å². The fraction of sp³-hybridized carbons (Fsp3) is 0.240. The summed E-state index contributed by atoms with van der Waals surface area (Å²) in [6.45, 7) is 0.482. The molecule has 2 atom stereocenters. The molecule has 35 heavy (non-hydrogen) atoms. The largest absolute Gasteiger partial charge is 0.480 e. The van der Waals surface area contributed by atoms with Crippen LogP contribution in [-0.4, -0.2) is 46.7 Å². The van der Waals surface area contributed by atoms with Crippen molar-refractivity contribution >= 4 is 34.4 Å². The molecule has 0 saturated carbocycles. The molecule has 3 rings (SSSR count). The molecule has 0 aliphatic carbocycles. The van der Waals surface area contributed by atoms with Crippen LogP contribution in [-0.2, 0) is 16.0 Å². The molecular weight excluding hydrogens is 448 g/mol. The first-order valence-corrected chi connectivity index (χ1v) is 10.9. The molecule has 0 bridgehead atoms. The molecule has 0 heterocycles. The number of hydrogen-bond acceptors (Lipinski definition) is 6. The highest BCUT2D eigenvalue weighted by atomic mass is 16.4. The summed E-state index contributed by atoms with van der Waals surface area (Å²) >= 11 is 0. The van der Waals surface area contributed by atoms with Gasteiger partial charge in [-0.15, -0.1) is 0 Å².